The summed E-state index contributed by atoms with van der Waals surface area (Å²) in [6.45, 7) is 1.93. The number of aryl methyl sites for hydroxylation is 1. The van der Waals surface area contributed by atoms with Crippen molar-refractivity contribution in [2.45, 2.75) is 12.1 Å². The lowest BCUT2D eigenvalue weighted by molar-refractivity contribution is -0.113. The number of fused-ring (bicyclic) bond motifs is 1. The monoisotopic (exact) mass is 425 g/mol. The maximum atomic E-state index is 13.3. The fourth-order valence-electron chi connectivity index (χ4n) is 2.88. The lowest BCUT2D eigenvalue weighted by Crippen LogP contribution is -2.22. The second-order valence-electron chi connectivity index (χ2n) is 6.29. The number of thioether (sulfide) groups is 1. The molecule has 4 rings (SSSR count). The van der Waals surface area contributed by atoms with Gasteiger partial charge < -0.3 is 5.32 Å². The van der Waals surface area contributed by atoms with Crippen molar-refractivity contribution in [3.05, 3.63) is 81.7 Å². The van der Waals surface area contributed by atoms with E-state index in [-0.39, 0.29) is 17.2 Å². The van der Waals surface area contributed by atoms with Crippen LogP contribution >= 0.6 is 23.1 Å². The number of nitrogens with zero attached hydrogens (tertiary/aromatic N) is 2. The summed E-state index contributed by atoms with van der Waals surface area (Å²) in [5.41, 5.74) is 0.899. The highest BCUT2D eigenvalue weighted by Gasteiger charge is 2.16. The summed E-state index contributed by atoms with van der Waals surface area (Å²) in [5.74, 6) is -0.698. The van der Waals surface area contributed by atoms with E-state index >= 15 is 0 Å². The van der Waals surface area contributed by atoms with Crippen LogP contribution in [0, 0.1) is 12.7 Å². The molecule has 2 aromatic heterocycles. The number of anilines is 1. The number of nitrogens with one attached hydrogen (secondary N) is 1. The van der Waals surface area contributed by atoms with Crippen molar-refractivity contribution in [3.63, 3.8) is 0 Å². The van der Waals surface area contributed by atoms with Gasteiger partial charge in [-0.05, 0) is 43.3 Å². The fourth-order valence-corrected chi connectivity index (χ4v) is 4.61. The second kappa shape index (κ2) is 8.18. The van der Waals surface area contributed by atoms with Gasteiger partial charge in [0.15, 0.2) is 5.16 Å². The number of benzene rings is 2. The molecule has 0 unspecified atom stereocenters. The lowest BCUT2D eigenvalue weighted by atomic mass is 10.3. The van der Waals surface area contributed by atoms with Crippen molar-refractivity contribution < 1.29 is 9.18 Å². The molecule has 0 radical (unpaired) electrons. The van der Waals surface area contributed by atoms with Crippen LogP contribution in [0.25, 0.3) is 15.9 Å². The van der Waals surface area contributed by atoms with Crippen LogP contribution < -0.4 is 10.9 Å². The molecule has 8 heteroatoms. The third kappa shape index (κ3) is 4.23. The van der Waals surface area contributed by atoms with E-state index in [4.69, 9.17) is 0 Å². The predicted octanol–water partition coefficient (Wildman–Crippen LogP) is 4.63. The summed E-state index contributed by atoms with van der Waals surface area (Å²) >= 11 is 2.61. The molecule has 0 aliphatic heterocycles. The molecule has 0 atom stereocenters. The average molecular weight is 426 g/mol. The van der Waals surface area contributed by atoms with E-state index < -0.39 is 5.82 Å². The number of hydrogen-bond acceptors (Lipinski definition) is 5. The first-order valence-electron chi connectivity index (χ1n) is 8.78. The van der Waals surface area contributed by atoms with E-state index in [0.29, 0.717) is 26.7 Å². The number of para-hydroxylation sites is 1. The first-order valence-corrected chi connectivity index (χ1v) is 10.6. The molecule has 0 saturated heterocycles. The highest BCUT2D eigenvalue weighted by Crippen LogP contribution is 2.26. The van der Waals surface area contributed by atoms with Crippen LogP contribution in [0.2, 0.25) is 0 Å². The molecule has 2 heterocycles. The number of halogens is 1. The van der Waals surface area contributed by atoms with Crippen LogP contribution in [-0.4, -0.2) is 21.2 Å². The Labute approximate surface area is 174 Å². The summed E-state index contributed by atoms with van der Waals surface area (Å²) < 4.78 is 14.8. The highest BCUT2D eigenvalue weighted by molar-refractivity contribution is 7.99. The van der Waals surface area contributed by atoms with E-state index in [9.17, 15) is 14.0 Å². The van der Waals surface area contributed by atoms with E-state index in [1.165, 1.54) is 34.1 Å². The minimum Gasteiger partial charge on any atom is -0.325 e. The minimum absolute atomic E-state index is 0.0334. The Morgan fingerprint density at radius 2 is 1.97 bits per heavy atom. The van der Waals surface area contributed by atoms with Gasteiger partial charge in [0, 0.05) is 10.6 Å². The molecule has 29 heavy (non-hydrogen) atoms. The van der Waals surface area contributed by atoms with E-state index in [0.717, 1.165) is 16.6 Å². The second-order valence-corrected chi connectivity index (χ2v) is 8.47. The third-order valence-corrected chi connectivity index (χ3v) is 6.00. The normalized spacial score (nSPS) is 11.0. The summed E-state index contributed by atoms with van der Waals surface area (Å²) in [4.78, 5) is 31.7. The van der Waals surface area contributed by atoms with Crippen molar-refractivity contribution >= 4 is 44.9 Å². The zero-order valence-electron chi connectivity index (χ0n) is 15.4. The molecule has 5 nitrogen and oxygen atoms in total. The summed E-state index contributed by atoms with van der Waals surface area (Å²) in [7, 11) is 0. The van der Waals surface area contributed by atoms with Crippen molar-refractivity contribution in [2.75, 3.05) is 11.1 Å². The van der Waals surface area contributed by atoms with Crippen LogP contribution in [0.3, 0.4) is 0 Å². The van der Waals surface area contributed by atoms with E-state index in [1.807, 2.05) is 43.3 Å². The molecule has 0 bridgehead atoms. The fraction of sp³-hybridized carbons (Fsp3) is 0.0952. The molecular formula is C21H16FN3O2S2. The van der Waals surface area contributed by atoms with Gasteiger partial charge in [-0.15, -0.1) is 11.3 Å². The first kappa shape index (κ1) is 19.4. The molecule has 0 spiro atoms. The summed E-state index contributed by atoms with van der Waals surface area (Å²) in [6, 6.07) is 16.7. The Morgan fingerprint density at radius 1 is 1.17 bits per heavy atom. The maximum absolute atomic E-state index is 13.3. The van der Waals surface area contributed by atoms with Crippen LogP contribution in [0.5, 0.6) is 0 Å². The molecule has 146 valence electrons. The number of amides is 1. The highest BCUT2D eigenvalue weighted by atomic mass is 32.2. The molecule has 0 aliphatic carbocycles. The van der Waals surface area contributed by atoms with Crippen LogP contribution in [-0.2, 0) is 4.79 Å². The molecular weight excluding hydrogens is 409 g/mol. The summed E-state index contributed by atoms with van der Waals surface area (Å²) in [6.07, 6.45) is 0. The van der Waals surface area contributed by atoms with Gasteiger partial charge in [0.05, 0.1) is 16.8 Å². The Hall–Kier alpha value is -2.97. The van der Waals surface area contributed by atoms with Gasteiger partial charge in [-0.2, -0.15) is 0 Å². The molecule has 0 fully saturated rings. The van der Waals surface area contributed by atoms with Crippen molar-refractivity contribution in [3.8, 4) is 5.69 Å². The van der Waals surface area contributed by atoms with Gasteiger partial charge in [0.1, 0.15) is 10.6 Å². The quantitative estimate of drug-likeness (QED) is 0.374. The van der Waals surface area contributed by atoms with Crippen LogP contribution in [0.1, 0.15) is 4.88 Å². The zero-order valence-corrected chi connectivity index (χ0v) is 17.0. The van der Waals surface area contributed by atoms with Gasteiger partial charge in [0.25, 0.3) is 5.56 Å². The molecule has 0 aliphatic rings. The zero-order chi connectivity index (χ0) is 20.4. The standard InChI is InChI=1S/C21H16FN3O2S2/c1-13-10-17-19(29-13)24-21(25(20(17)27)16-8-3-2-4-9-16)28-12-18(26)23-15-7-5-6-14(22)11-15/h2-11H,12H2,1H3,(H,23,26). The number of aromatic nitrogens is 2. The van der Waals surface area contributed by atoms with Crippen LogP contribution in [0.15, 0.2) is 70.6 Å². The molecule has 0 saturated carbocycles. The smallest absolute Gasteiger partial charge is 0.267 e. The predicted molar refractivity (Wildman–Crippen MR) is 116 cm³/mol. The lowest BCUT2D eigenvalue weighted by Gasteiger charge is -2.12. The number of thiophene rings is 1. The molecule has 1 amide bonds. The van der Waals surface area contributed by atoms with Gasteiger partial charge in [0.2, 0.25) is 5.91 Å². The van der Waals surface area contributed by atoms with Gasteiger partial charge in [-0.25, -0.2) is 9.37 Å². The number of rotatable bonds is 5. The largest absolute Gasteiger partial charge is 0.325 e. The van der Waals surface area contributed by atoms with Gasteiger partial charge in [-0.1, -0.05) is 36.0 Å². The Kier molecular flexibility index (Phi) is 5.46. The summed E-state index contributed by atoms with van der Waals surface area (Å²) in [5, 5.41) is 3.65. The Balaban J connectivity index is 1.65. The molecule has 2 aromatic carbocycles. The SMILES string of the molecule is Cc1cc2c(=O)n(-c3ccccc3)c(SCC(=O)Nc3cccc(F)c3)nc2s1. The van der Waals surface area contributed by atoms with Crippen molar-refractivity contribution in [2.24, 2.45) is 0 Å². The third-order valence-electron chi connectivity index (χ3n) is 4.11. The number of hydrogen-bond donors (Lipinski definition) is 1. The first-order chi connectivity index (χ1) is 14.0. The average Bonchev–Trinajstić information content (AvgIpc) is 3.08. The number of carbonyl (C=O) groups is 1. The molecule has 4 aromatic rings. The van der Waals surface area contributed by atoms with E-state index in [2.05, 4.69) is 10.3 Å². The Morgan fingerprint density at radius 3 is 2.72 bits per heavy atom. The Bertz CT molecular complexity index is 1250. The maximum Gasteiger partial charge on any atom is 0.267 e. The van der Waals surface area contributed by atoms with Crippen molar-refractivity contribution in [1.82, 2.24) is 9.55 Å². The minimum atomic E-state index is -0.423. The number of carbonyl (C=O) groups excluding carboxylic acids is 1. The topological polar surface area (TPSA) is 64.0 Å². The van der Waals surface area contributed by atoms with Gasteiger partial charge >= 0.3 is 0 Å². The van der Waals surface area contributed by atoms with Crippen LogP contribution in [0.4, 0.5) is 10.1 Å². The van der Waals surface area contributed by atoms with E-state index in [1.54, 1.807) is 6.07 Å². The van der Waals surface area contributed by atoms with Gasteiger partial charge in [-0.3, -0.25) is 14.2 Å². The molecule has 1 N–H and O–H groups in total. The van der Waals surface area contributed by atoms with Crippen molar-refractivity contribution in [1.29, 1.82) is 0 Å².